The largest absolute Gasteiger partial charge is 0.493 e. The van der Waals surface area contributed by atoms with Crippen molar-refractivity contribution in [1.29, 1.82) is 0 Å². The van der Waals surface area contributed by atoms with Crippen molar-refractivity contribution in [3.63, 3.8) is 0 Å². The van der Waals surface area contributed by atoms with Gasteiger partial charge in [0.2, 0.25) is 0 Å². The van der Waals surface area contributed by atoms with Crippen LogP contribution in [0.15, 0.2) is 60.2 Å². The number of hydrogen-bond acceptors (Lipinski definition) is 7. The fourth-order valence-corrected chi connectivity index (χ4v) is 3.64. The number of nitrogens with one attached hydrogen (secondary N) is 3. The summed E-state index contributed by atoms with van der Waals surface area (Å²) in [6.07, 6.45) is 4.02. The summed E-state index contributed by atoms with van der Waals surface area (Å²) in [6, 6.07) is 7.22. The molecule has 3 rings (SSSR count). The Morgan fingerprint density at radius 2 is 2.09 bits per heavy atom. The second-order valence-corrected chi connectivity index (χ2v) is 8.78. The summed E-state index contributed by atoms with van der Waals surface area (Å²) in [7, 11) is 3.19. The summed E-state index contributed by atoms with van der Waals surface area (Å²) >= 11 is 6.23. The van der Waals surface area contributed by atoms with E-state index in [2.05, 4.69) is 27.5 Å². The Balaban J connectivity index is 1.80. The van der Waals surface area contributed by atoms with Gasteiger partial charge in [0.05, 0.1) is 35.2 Å². The molecule has 1 aliphatic heterocycles. The predicted octanol–water partition coefficient (Wildman–Crippen LogP) is 4.04. The molecule has 9 heteroatoms. The molecule has 0 spiro atoms. The number of carbonyl (C=O) groups excluding carboxylic acids is 1. The van der Waals surface area contributed by atoms with E-state index >= 15 is 0 Å². The van der Waals surface area contributed by atoms with Crippen molar-refractivity contribution in [3.8, 4) is 11.5 Å². The Morgan fingerprint density at radius 1 is 1.29 bits per heavy atom. The first-order valence-electron chi connectivity index (χ1n) is 10.9. The molecule has 0 unspecified atom stereocenters. The van der Waals surface area contributed by atoms with Crippen LogP contribution in [0.1, 0.15) is 25.8 Å². The van der Waals surface area contributed by atoms with E-state index in [1.165, 1.54) is 7.11 Å². The molecule has 1 aromatic carbocycles. The van der Waals surface area contributed by atoms with E-state index in [4.69, 9.17) is 25.8 Å². The molecule has 0 atom stereocenters. The van der Waals surface area contributed by atoms with Gasteiger partial charge in [-0.2, -0.15) is 0 Å². The number of anilines is 1. The van der Waals surface area contributed by atoms with Crippen LogP contribution in [0.3, 0.4) is 0 Å². The molecular formula is C25H31ClN4O4. The van der Waals surface area contributed by atoms with Crippen molar-refractivity contribution in [2.75, 3.05) is 32.7 Å². The third-order valence-electron chi connectivity index (χ3n) is 5.44. The first-order chi connectivity index (χ1) is 16.3. The van der Waals surface area contributed by atoms with Crippen LogP contribution in [-0.4, -0.2) is 43.9 Å². The fourth-order valence-electron chi connectivity index (χ4n) is 3.38. The number of halogens is 1. The summed E-state index contributed by atoms with van der Waals surface area (Å²) in [5.41, 5.74) is 2.77. The maximum atomic E-state index is 12.8. The van der Waals surface area contributed by atoms with Crippen molar-refractivity contribution in [3.05, 3.63) is 70.8 Å². The lowest BCUT2D eigenvalue weighted by Gasteiger charge is -2.25. The Kier molecular flexibility index (Phi) is 8.41. The van der Waals surface area contributed by atoms with Gasteiger partial charge in [0, 0.05) is 49.8 Å². The fraction of sp³-hybridized carbons (Fsp3) is 0.360. The number of carbonyl (C=O) groups is 1. The van der Waals surface area contributed by atoms with E-state index in [1.807, 2.05) is 26.0 Å². The van der Waals surface area contributed by atoms with E-state index in [-0.39, 0.29) is 5.91 Å². The zero-order valence-corrected chi connectivity index (χ0v) is 20.7. The minimum atomic E-state index is -0.428. The maximum Gasteiger partial charge on any atom is 0.255 e. The van der Waals surface area contributed by atoms with Gasteiger partial charge in [0.1, 0.15) is 12.4 Å². The zero-order valence-electron chi connectivity index (χ0n) is 20.0. The molecule has 0 saturated carbocycles. The number of aromatic nitrogens is 1. The van der Waals surface area contributed by atoms with Crippen LogP contribution in [0.25, 0.3) is 0 Å². The molecular weight excluding hydrogens is 456 g/mol. The summed E-state index contributed by atoms with van der Waals surface area (Å²) in [6.45, 7) is 9.36. The van der Waals surface area contributed by atoms with Crippen LogP contribution in [0.4, 0.5) is 5.69 Å². The number of nitrogens with zero attached hydrogens (tertiary/aromatic N) is 1. The van der Waals surface area contributed by atoms with Gasteiger partial charge < -0.3 is 30.2 Å². The molecule has 8 nitrogen and oxygen atoms in total. The van der Waals surface area contributed by atoms with Gasteiger partial charge >= 0.3 is 0 Å². The highest BCUT2D eigenvalue weighted by atomic mass is 35.5. The second kappa shape index (κ2) is 11.3. The SMILES string of the molecule is C=C(Nc1cccc(Cl)c1OC)C1=C(NCc2ccncc2OCC(C)(C)OC)CCNC1=O. The normalized spacial score (nSPS) is 13.9. The van der Waals surface area contributed by atoms with Crippen LogP contribution >= 0.6 is 11.6 Å². The lowest BCUT2D eigenvalue weighted by atomic mass is 10.0. The molecule has 0 radical (unpaired) electrons. The van der Waals surface area contributed by atoms with E-state index in [0.717, 1.165) is 11.3 Å². The van der Waals surface area contributed by atoms with Crippen molar-refractivity contribution in [1.82, 2.24) is 15.6 Å². The van der Waals surface area contributed by atoms with Gasteiger partial charge in [0.25, 0.3) is 5.91 Å². The number of benzene rings is 1. The van der Waals surface area contributed by atoms with Crippen LogP contribution in [0.5, 0.6) is 11.5 Å². The van der Waals surface area contributed by atoms with Crippen molar-refractivity contribution < 1.29 is 19.0 Å². The van der Waals surface area contributed by atoms with E-state index in [9.17, 15) is 4.79 Å². The maximum absolute atomic E-state index is 12.8. The Bertz CT molecular complexity index is 1080. The third kappa shape index (κ3) is 6.21. The Hall–Kier alpha value is -3.23. The number of pyridine rings is 1. The van der Waals surface area contributed by atoms with Gasteiger partial charge in [0.15, 0.2) is 5.75 Å². The second-order valence-electron chi connectivity index (χ2n) is 8.37. The molecule has 1 aromatic heterocycles. The van der Waals surface area contributed by atoms with Crippen molar-refractivity contribution in [2.45, 2.75) is 32.4 Å². The first-order valence-corrected chi connectivity index (χ1v) is 11.3. The highest BCUT2D eigenvalue weighted by Gasteiger charge is 2.24. The van der Waals surface area contributed by atoms with Gasteiger partial charge in [-0.15, -0.1) is 0 Å². The molecule has 0 aliphatic carbocycles. The topological polar surface area (TPSA) is 93.7 Å². The van der Waals surface area contributed by atoms with Crippen LogP contribution < -0.4 is 25.4 Å². The standard InChI is InChI=1S/C25H31ClN4O4/c1-16(30-20-8-6-7-18(26)23(20)32-4)22-19(10-12-28-24(22)31)29-13-17-9-11-27-14-21(17)34-15-25(2,3)33-5/h6-9,11,14,29-30H,1,10,12-13,15H2,2-5H3,(H,28,31). The quantitative estimate of drug-likeness (QED) is 0.441. The van der Waals surface area contributed by atoms with Crippen molar-refractivity contribution >= 4 is 23.2 Å². The molecule has 182 valence electrons. The minimum absolute atomic E-state index is 0.208. The van der Waals surface area contributed by atoms with Gasteiger partial charge in [-0.25, -0.2) is 0 Å². The molecule has 2 aromatic rings. The first kappa shape index (κ1) is 25.4. The predicted molar refractivity (Wildman–Crippen MR) is 133 cm³/mol. The summed E-state index contributed by atoms with van der Waals surface area (Å²) in [5, 5.41) is 9.91. The van der Waals surface area contributed by atoms with Gasteiger partial charge in [-0.05, 0) is 32.0 Å². The summed E-state index contributed by atoms with van der Waals surface area (Å²) < 4.78 is 16.8. The van der Waals surface area contributed by atoms with E-state index < -0.39 is 5.60 Å². The average Bonchev–Trinajstić information content (AvgIpc) is 2.82. The van der Waals surface area contributed by atoms with Gasteiger partial charge in [-0.1, -0.05) is 24.2 Å². The Morgan fingerprint density at radius 3 is 2.82 bits per heavy atom. The molecule has 0 saturated heterocycles. The average molecular weight is 487 g/mol. The van der Waals surface area contributed by atoms with Crippen LogP contribution in [0, 0.1) is 0 Å². The summed E-state index contributed by atoms with van der Waals surface area (Å²) in [4.78, 5) is 16.9. The number of para-hydroxylation sites is 1. The zero-order chi connectivity index (χ0) is 24.7. The number of ether oxygens (including phenoxy) is 3. The molecule has 1 aliphatic rings. The smallest absolute Gasteiger partial charge is 0.255 e. The molecule has 0 fully saturated rings. The summed E-state index contributed by atoms with van der Waals surface area (Å²) in [5.74, 6) is 0.928. The lowest BCUT2D eigenvalue weighted by molar-refractivity contribution is -0.117. The number of rotatable bonds is 11. The number of amides is 1. The van der Waals surface area contributed by atoms with Gasteiger partial charge in [-0.3, -0.25) is 9.78 Å². The highest BCUT2D eigenvalue weighted by Crippen LogP contribution is 2.34. The van der Waals surface area contributed by atoms with Crippen LogP contribution in [-0.2, 0) is 16.1 Å². The van der Waals surface area contributed by atoms with E-state index in [0.29, 0.717) is 59.6 Å². The molecule has 1 amide bonds. The molecule has 34 heavy (non-hydrogen) atoms. The van der Waals surface area contributed by atoms with Crippen molar-refractivity contribution in [2.24, 2.45) is 0 Å². The molecule has 2 heterocycles. The molecule has 0 bridgehead atoms. The van der Waals surface area contributed by atoms with Crippen LogP contribution in [0.2, 0.25) is 5.02 Å². The Labute approximate surface area is 205 Å². The monoisotopic (exact) mass is 486 g/mol. The third-order valence-corrected chi connectivity index (χ3v) is 5.74. The number of methoxy groups -OCH3 is 2. The molecule has 3 N–H and O–H groups in total. The van der Waals surface area contributed by atoms with E-state index in [1.54, 1.807) is 31.6 Å². The highest BCUT2D eigenvalue weighted by molar-refractivity contribution is 6.32. The lowest BCUT2D eigenvalue weighted by Crippen LogP contribution is -2.37. The number of hydrogen-bond donors (Lipinski definition) is 3. The minimum Gasteiger partial charge on any atom is -0.493 e.